The van der Waals surface area contributed by atoms with Crippen LogP contribution in [0.25, 0.3) is 0 Å². The van der Waals surface area contributed by atoms with Crippen molar-refractivity contribution < 1.29 is 14.7 Å². The summed E-state index contributed by atoms with van der Waals surface area (Å²) in [7, 11) is 0. The molecule has 7 heteroatoms. The van der Waals surface area contributed by atoms with Gasteiger partial charge in [-0.2, -0.15) is 0 Å². The first-order chi connectivity index (χ1) is 8.02. The fourth-order valence-electron chi connectivity index (χ4n) is 1.07. The number of aryl methyl sites for hydroxylation is 1. The molecule has 0 aliphatic rings. The van der Waals surface area contributed by atoms with Crippen molar-refractivity contribution in [2.45, 2.75) is 6.92 Å². The maximum atomic E-state index is 11.4. The van der Waals surface area contributed by atoms with E-state index >= 15 is 0 Å². The van der Waals surface area contributed by atoms with E-state index in [1.807, 2.05) is 0 Å². The summed E-state index contributed by atoms with van der Waals surface area (Å²) in [6, 6.07) is 3.04. The molecule has 2 amide bonds. The lowest BCUT2D eigenvalue weighted by molar-refractivity contribution is -0.123. The van der Waals surface area contributed by atoms with Gasteiger partial charge in [0.25, 0.3) is 0 Å². The van der Waals surface area contributed by atoms with E-state index in [0.717, 1.165) is 0 Å². The van der Waals surface area contributed by atoms with Crippen LogP contribution >= 0.6 is 0 Å². The van der Waals surface area contributed by atoms with Crippen LogP contribution in [0.4, 0.5) is 5.82 Å². The van der Waals surface area contributed by atoms with Gasteiger partial charge in [0.05, 0.1) is 13.1 Å². The van der Waals surface area contributed by atoms with Crippen molar-refractivity contribution in [2.75, 3.05) is 18.4 Å². The molecule has 0 radical (unpaired) electrons. The average Bonchev–Trinajstić information content (AvgIpc) is 2.30. The number of carbonyl (C=O) groups is 2. The topological polar surface area (TPSA) is 117 Å². The van der Waals surface area contributed by atoms with Gasteiger partial charge in [-0.3, -0.25) is 9.59 Å². The third-order valence-corrected chi connectivity index (χ3v) is 1.90. The molecule has 7 nitrogen and oxygen atoms in total. The minimum Gasteiger partial charge on any atom is -0.504 e. The monoisotopic (exact) mass is 238 g/mol. The maximum Gasteiger partial charge on any atom is 0.245 e. The first-order valence-corrected chi connectivity index (χ1v) is 4.96. The van der Waals surface area contributed by atoms with Crippen LogP contribution in [0.2, 0.25) is 0 Å². The summed E-state index contributed by atoms with van der Waals surface area (Å²) in [5, 5.41) is 14.1. The summed E-state index contributed by atoms with van der Waals surface area (Å²) in [5.74, 6) is -0.979. The SMILES string of the molecule is Cc1ccc(O)c(NC(=O)CNC(=O)CN)n1. The minimum atomic E-state index is -0.486. The van der Waals surface area contributed by atoms with Crippen molar-refractivity contribution in [1.29, 1.82) is 0 Å². The number of amides is 2. The molecule has 1 rings (SSSR count). The number of pyridine rings is 1. The van der Waals surface area contributed by atoms with Crippen LogP contribution in [0.5, 0.6) is 5.75 Å². The fourth-order valence-corrected chi connectivity index (χ4v) is 1.07. The predicted octanol–water partition coefficient (Wildman–Crippen LogP) is -0.891. The normalized spacial score (nSPS) is 9.76. The molecule has 0 bridgehead atoms. The number of hydrogen-bond donors (Lipinski definition) is 4. The second-order valence-electron chi connectivity index (χ2n) is 3.35. The molecule has 1 aromatic heterocycles. The molecule has 0 atom stereocenters. The number of rotatable bonds is 4. The summed E-state index contributed by atoms with van der Waals surface area (Å²) in [4.78, 5) is 26.1. The lowest BCUT2D eigenvalue weighted by Gasteiger charge is -2.07. The number of aromatic nitrogens is 1. The van der Waals surface area contributed by atoms with Gasteiger partial charge in [-0.05, 0) is 19.1 Å². The van der Waals surface area contributed by atoms with E-state index in [-0.39, 0.29) is 24.7 Å². The largest absolute Gasteiger partial charge is 0.504 e. The standard InChI is InChI=1S/C10H14N4O3/c1-6-2-3-7(15)10(13-6)14-9(17)5-12-8(16)4-11/h2-3,15H,4-5,11H2,1H3,(H,12,16)(H,13,14,17). The van der Waals surface area contributed by atoms with Gasteiger partial charge in [-0.15, -0.1) is 0 Å². The van der Waals surface area contributed by atoms with Gasteiger partial charge >= 0.3 is 0 Å². The first-order valence-electron chi connectivity index (χ1n) is 4.96. The number of carbonyl (C=O) groups excluding carboxylic acids is 2. The van der Waals surface area contributed by atoms with Gasteiger partial charge in [0.15, 0.2) is 11.6 Å². The Labute approximate surface area is 98.0 Å². The Kier molecular flexibility index (Phi) is 4.41. The molecule has 0 saturated carbocycles. The van der Waals surface area contributed by atoms with E-state index in [1.54, 1.807) is 13.0 Å². The molecular formula is C10H14N4O3. The molecule has 1 heterocycles. The molecule has 0 aliphatic carbocycles. The number of anilines is 1. The number of hydrogen-bond acceptors (Lipinski definition) is 5. The van der Waals surface area contributed by atoms with Crippen molar-refractivity contribution in [2.24, 2.45) is 5.73 Å². The summed E-state index contributed by atoms with van der Waals surface area (Å²) in [6.45, 7) is 1.33. The Bertz CT molecular complexity index is 434. The molecule has 1 aromatic rings. The lowest BCUT2D eigenvalue weighted by atomic mass is 10.3. The molecule has 92 valence electrons. The summed E-state index contributed by atoms with van der Waals surface area (Å²) < 4.78 is 0. The molecule has 0 spiro atoms. The number of nitrogens with zero attached hydrogens (tertiary/aromatic N) is 1. The highest BCUT2D eigenvalue weighted by molar-refractivity contribution is 5.94. The quantitative estimate of drug-likeness (QED) is 0.542. The Morgan fingerprint density at radius 3 is 2.76 bits per heavy atom. The Hall–Kier alpha value is -2.15. The lowest BCUT2D eigenvalue weighted by Crippen LogP contribution is -2.36. The van der Waals surface area contributed by atoms with Crippen LogP contribution in [0, 0.1) is 6.92 Å². The molecule has 5 N–H and O–H groups in total. The van der Waals surface area contributed by atoms with E-state index in [1.165, 1.54) is 6.07 Å². The second kappa shape index (κ2) is 5.80. The van der Waals surface area contributed by atoms with Crippen molar-refractivity contribution >= 4 is 17.6 Å². The van der Waals surface area contributed by atoms with Gasteiger partial charge in [0.2, 0.25) is 11.8 Å². The van der Waals surface area contributed by atoms with Crippen molar-refractivity contribution in [3.8, 4) is 5.75 Å². The summed E-state index contributed by atoms with van der Waals surface area (Å²) in [5.41, 5.74) is 5.72. The molecular weight excluding hydrogens is 224 g/mol. The molecule has 0 aromatic carbocycles. The highest BCUT2D eigenvalue weighted by Crippen LogP contribution is 2.19. The van der Waals surface area contributed by atoms with Gasteiger partial charge in [-0.25, -0.2) is 4.98 Å². The van der Waals surface area contributed by atoms with Gasteiger partial charge in [0.1, 0.15) is 0 Å². The smallest absolute Gasteiger partial charge is 0.245 e. The minimum absolute atomic E-state index is 0.0667. The summed E-state index contributed by atoms with van der Waals surface area (Å²) in [6.07, 6.45) is 0. The van der Waals surface area contributed by atoms with E-state index < -0.39 is 11.8 Å². The van der Waals surface area contributed by atoms with Crippen LogP contribution in [0.3, 0.4) is 0 Å². The molecule has 0 fully saturated rings. The molecule has 0 saturated heterocycles. The van der Waals surface area contributed by atoms with E-state index in [9.17, 15) is 14.7 Å². The van der Waals surface area contributed by atoms with Crippen LogP contribution in [-0.2, 0) is 9.59 Å². The Balaban J connectivity index is 2.56. The molecule has 0 unspecified atom stereocenters. The number of aromatic hydroxyl groups is 1. The van der Waals surface area contributed by atoms with Crippen molar-refractivity contribution in [3.63, 3.8) is 0 Å². The third kappa shape index (κ3) is 4.07. The third-order valence-electron chi connectivity index (χ3n) is 1.90. The van der Waals surface area contributed by atoms with Crippen LogP contribution in [-0.4, -0.2) is 35.0 Å². The van der Waals surface area contributed by atoms with Crippen LogP contribution < -0.4 is 16.4 Å². The highest BCUT2D eigenvalue weighted by Gasteiger charge is 2.08. The Morgan fingerprint density at radius 2 is 2.12 bits per heavy atom. The van der Waals surface area contributed by atoms with E-state index in [4.69, 9.17) is 5.73 Å². The van der Waals surface area contributed by atoms with Crippen molar-refractivity contribution in [3.05, 3.63) is 17.8 Å². The van der Waals surface area contributed by atoms with Gasteiger partial charge < -0.3 is 21.5 Å². The highest BCUT2D eigenvalue weighted by atomic mass is 16.3. The fraction of sp³-hybridized carbons (Fsp3) is 0.300. The second-order valence-corrected chi connectivity index (χ2v) is 3.35. The van der Waals surface area contributed by atoms with Gasteiger partial charge in [-0.1, -0.05) is 0 Å². The van der Waals surface area contributed by atoms with Gasteiger partial charge in [0, 0.05) is 5.69 Å². The maximum absolute atomic E-state index is 11.4. The average molecular weight is 238 g/mol. The molecule has 0 aliphatic heterocycles. The van der Waals surface area contributed by atoms with Crippen LogP contribution in [0.1, 0.15) is 5.69 Å². The summed E-state index contributed by atoms with van der Waals surface area (Å²) >= 11 is 0. The number of nitrogens with one attached hydrogen (secondary N) is 2. The zero-order valence-corrected chi connectivity index (χ0v) is 9.36. The van der Waals surface area contributed by atoms with E-state index in [2.05, 4.69) is 15.6 Å². The zero-order chi connectivity index (χ0) is 12.8. The van der Waals surface area contributed by atoms with Crippen LogP contribution in [0.15, 0.2) is 12.1 Å². The Morgan fingerprint density at radius 1 is 1.41 bits per heavy atom. The predicted molar refractivity (Wildman–Crippen MR) is 61.3 cm³/mol. The van der Waals surface area contributed by atoms with Crippen molar-refractivity contribution in [1.82, 2.24) is 10.3 Å². The molecule has 17 heavy (non-hydrogen) atoms. The van der Waals surface area contributed by atoms with E-state index in [0.29, 0.717) is 5.69 Å². The number of nitrogens with two attached hydrogens (primary N) is 1. The first kappa shape index (κ1) is 12.9. The zero-order valence-electron chi connectivity index (χ0n) is 9.36.